The fraction of sp³-hybridized carbons (Fsp3) is 0.571. The first kappa shape index (κ1) is 15.0. The number of carbonyl (C=O) groups excluding carboxylic acids is 2. The molecule has 0 atom stereocenters. The number of hydrogen-bond acceptors (Lipinski definition) is 5. The number of amides is 1. The number of hydrogen-bond donors (Lipinski definition) is 1. The SMILES string of the molecule is COCCNC(=O)COC(=O)c1cc2c(s1)CCCC2. The zero-order valence-electron chi connectivity index (χ0n) is 11.6. The van der Waals surface area contributed by atoms with Crippen LogP contribution in [0.3, 0.4) is 0 Å². The van der Waals surface area contributed by atoms with E-state index in [9.17, 15) is 9.59 Å². The lowest BCUT2D eigenvalue weighted by atomic mass is 9.99. The summed E-state index contributed by atoms with van der Waals surface area (Å²) in [7, 11) is 1.56. The van der Waals surface area contributed by atoms with Crippen molar-refractivity contribution in [3.63, 3.8) is 0 Å². The van der Waals surface area contributed by atoms with Crippen molar-refractivity contribution in [2.75, 3.05) is 26.9 Å². The van der Waals surface area contributed by atoms with Crippen molar-refractivity contribution >= 4 is 23.2 Å². The maximum absolute atomic E-state index is 11.9. The maximum Gasteiger partial charge on any atom is 0.348 e. The summed E-state index contributed by atoms with van der Waals surface area (Å²) in [5.74, 6) is -0.719. The van der Waals surface area contributed by atoms with Crippen molar-refractivity contribution in [2.24, 2.45) is 0 Å². The maximum atomic E-state index is 11.9. The van der Waals surface area contributed by atoms with Crippen LogP contribution in [0.15, 0.2) is 6.07 Å². The van der Waals surface area contributed by atoms with Crippen molar-refractivity contribution in [3.05, 3.63) is 21.4 Å². The Morgan fingerprint density at radius 2 is 2.15 bits per heavy atom. The molecule has 0 spiro atoms. The van der Waals surface area contributed by atoms with E-state index in [1.54, 1.807) is 7.11 Å². The van der Waals surface area contributed by atoms with E-state index in [4.69, 9.17) is 9.47 Å². The number of aryl methyl sites for hydroxylation is 2. The summed E-state index contributed by atoms with van der Waals surface area (Å²) >= 11 is 1.49. The molecule has 1 aliphatic rings. The molecule has 0 aliphatic heterocycles. The van der Waals surface area contributed by atoms with Crippen molar-refractivity contribution in [1.29, 1.82) is 0 Å². The van der Waals surface area contributed by atoms with Crippen molar-refractivity contribution in [3.8, 4) is 0 Å². The van der Waals surface area contributed by atoms with Gasteiger partial charge in [0, 0.05) is 18.5 Å². The second-order valence-corrected chi connectivity index (χ2v) is 5.82. The van der Waals surface area contributed by atoms with Crippen LogP contribution in [0.4, 0.5) is 0 Å². The van der Waals surface area contributed by atoms with Crippen LogP contribution in [0.25, 0.3) is 0 Å². The highest BCUT2D eigenvalue weighted by Crippen LogP contribution is 2.29. The standard InChI is InChI=1S/C14H19NO4S/c1-18-7-6-15-13(16)9-19-14(17)12-8-10-4-2-3-5-11(10)20-12/h8H,2-7,9H2,1H3,(H,15,16). The Bertz CT molecular complexity index is 460. The lowest BCUT2D eigenvalue weighted by Crippen LogP contribution is -2.31. The van der Waals surface area contributed by atoms with Crippen molar-refractivity contribution < 1.29 is 19.1 Å². The van der Waals surface area contributed by atoms with Gasteiger partial charge in [-0.25, -0.2) is 4.79 Å². The molecule has 0 aromatic carbocycles. The summed E-state index contributed by atoms with van der Waals surface area (Å²) in [5, 5.41) is 2.60. The van der Waals surface area contributed by atoms with Gasteiger partial charge in [-0.3, -0.25) is 4.79 Å². The van der Waals surface area contributed by atoms with E-state index in [1.807, 2.05) is 6.07 Å². The summed E-state index contributed by atoms with van der Waals surface area (Å²) < 4.78 is 9.83. The molecule has 0 saturated carbocycles. The average molecular weight is 297 g/mol. The number of thiophene rings is 1. The van der Waals surface area contributed by atoms with E-state index in [2.05, 4.69) is 5.32 Å². The lowest BCUT2D eigenvalue weighted by Gasteiger charge is -2.08. The first-order chi connectivity index (χ1) is 9.70. The number of nitrogens with one attached hydrogen (secondary N) is 1. The summed E-state index contributed by atoms with van der Waals surface area (Å²) in [6.07, 6.45) is 4.45. The Morgan fingerprint density at radius 3 is 2.90 bits per heavy atom. The fourth-order valence-electron chi connectivity index (χ4n) is 2.14. The van der Waals surface area contributed by atoms with Gasteiger partial charge >= 0.3 is 5.97 Å². The highest BCUT2D eigenvalue weighted by molar-refractivity contribution is 7.14. The molecule has 110 valence electrons. The monoisotopic (exact) mass is 297 g/mol. The minimum absolute atomic E-state index is 0.245. The van der Waals surface area contributed by atoms with Crippen LogP contribution >= 0.6 is 11.3 Å². The minimum atomic E-state index is -0.411. The zero-order valence-corrected chi connectivity index (χ0v) is 12.4. The van der Waals surface area contributed by atoms with Crippen LogP contribution < -0.4 is 5.32 Å². The van der Waals surface area contributed by atoms with Crippen LogP contribution in [-0.4, -0.2) is 38.7 Å². The Balaban J connectivity index is 1.80. The van der Waals surface area contributed by atoms with Crippen molar-refractivity contribution in [2.45, 2.75) is 25.7 Å². The van der Waals surface area contributed by atoms with E-state index < -0.39 is 5.97 Å². The summed E-state index contributed by atoms with van der Waals surface area (Å²) in [4.78, 5) is 25.2. The summed E-state index contributed by atoms with van der Waals surface area (Å²) in [6, 6.07) is 1.91. The third kappa shape index (κ3) is 4.05. The number of fused-ring (bicyclic) bond motifs is 1. The lowest BCUT2D eigenvalue weighted by molar-refractivity contribution is -0.124. The molecular formula is C14H19NO4S. The van der Waals surface area contributed by atoms with E-state index in [0.717, 1.165) is 12.8 Å². The molecule has 1 aromatic heterocycles. The van der Waals surface area contributed by atoms with Gasteiger partial charge in [-0.15, -0.1) is 11.3 Å². The normalized spacial score (nSPS) is 13.7. The Labute approximate surface area is 122 Å². The summed E-state index contributed by atoms with van der Waals surface area (Å²) in [6.45, 7) is 0.614. The quantitative estimate of drug-likeness (QED) is 0.639. The second-order valence-electron chi connectivity index (χ2n) is 4.69. The molecule has 6 heteroatoms. The number of carbonyl (C=O) groups is 2. The number of methoxy groups -OCH3 is 1. The van der Waals surface area contributed by atoms with Gasteiger partial charge in [0.1, 0.15) is 4.88 Å². The third-order valence-electron chi connectivity index (χ3n) is 3.16. The molecule has 1 N–H and O–H groups in total. The molecule has 0 fully saturated rings. The Hall–Kier alpha value is -1.40. The molecule has 1 heterocycles. The van der Waals surface area contributed by atoms with Crippen LogP contribution in [-0.2, 0) is 27.1 Å². The van der Waals surface area contributed by atoms with Gasteiger partial charge in [-0.1, -0.05) is 0 Å². The second kappa shape index (κ2) is 7.40. The van der Waals surface area contributed by atoms with Gasteiger partial charge in [0.05, 0.1) is 6.61 Å². The van der Waals surface area contributed by atoms with Crippen LogP contribution in [0.5, 0.6) is 0 Å². The first-order valence-corrected chi connectivity index (χ1v) is 7.56. The highest BCUT2D eigenvalue weighted by Gasteiger charge is 2.18. The van der Waals surface area contributed by atoms with Gasteiger partial charge in [-0.2, -0.15) is 0 Å². The molecule has 0 saturated heterocycles. The molecule has 1 amide bonds. The number of rotatable bonds is 6. The van der Waals surface area contributed by atoms with Gasteiger partial charge < -0.3 is 14.8 Å². The van der Waals surface area contributed by atoms with E-state index in [1.165, 1.54) is 34.6 Å². The minimum Gasteiger partial charge on any atom is -0.451 e. The number of ether oxygens (including phenoxy) is 2. The fourth-order valence-corrected chi connectivity index (χ4v) is 3.28. The summed E-state index contributed by atoms with van der Waals surface area (Å²) in [5.41, 5.74) is 1.26. The van der Waals surface area contributed by atoms with Gasteiger partial charge in [0.2, 0.25) is 0 Å². The van der Waals surface area contributed by atoms with Crippen LogP contribution in [0.2, 0.25) is 0 Å². The van der Waals surface area contributed by atoms with Crippen molar-refractivity contribution in [1.82, 2.24) is 5.32 Å². The highest BCUT2D eigenvalue weighted by atomic mass is 32.1. The predicted octanol–water partition coefficient (Wildman–Crippen LogP) is 1.55. The van der Waals surface area contributed by atoms with Crippen LogP contribution in [0.1, 0.15) is 33.0 Å². The smallest absolute Gasteiger partial charge is 0.348 e. The molecular weight excluding hydrogens is 278 g/mol. The molecule has 0 bridgehead atoms. The van der Waals surface area contributed by atoms with Gasteiger partial charge in [0.25, 0.3) is 5.91 Å². The molecule has 0 radical (unpaired) electrons. The largest absolute Gasteiger partial charge is 0.451 e. The molecule has 1 aromatic rings. The molecule has 1 aliphatic carbocycles. The Kier molecular flexibility index (Phi) is 5.55. The molecule has 2 rings (SSSR count). The first-order valence-electron chi connectivity index (χ1n) is 6.75. The predicted molar refractivity (Wildman–Crippen MR) is 76.1 cm³/mol. The zero-order chi connectivity index (χ0) is 14.4. The van der Waals surface area contributed by atoms with E-state index in [0.29, 0.717) is 18.0 Å². The molecule has 0 unspecified atom stereocenters. The van der Waals surface area contributed by atoms with Gasteiger partial charge in [0.15, 0.2) is 6.61 Å². The van der Waals surface area contributed by atoms with E-state index in [-0.39, 0.29) is 12.5 Å². The van der Waals surface area contributed by atoms with Crippen LogP contribution in [0, 0.1) is 0 Å². The molecule has 20 heavy (non-hydrogen) atoms. The molecule has 5 nitrogen and oxygen atoms in total. The topological polar surface area (TPSA) is 64.6 Å². The number of esters is 1. The Morgan fingerprint density at radius 1 is 1.35 bits per heavy atom. The van der Waals surface area contributed by atoms with E-state index >= 15 is 0 Å². The van der Waals surface area contributed by atoms with Gasteiger partial charge in [-0.05, 0) is 37.3 Å². The third-order valence-corrected chi connectivity index (χ3v) is 4.38. The average Bonchev–Trinajstić information content (AvgIpc) is 2.89.